The molecule has 0 atom stereocenters. The summed E-state index contributed by atoms with van der Waals surface area (Å²) in [6.45, 7) is 9.77. The number of rotatable bonds is 6. The van der Waals surface area contributed by atoms with Crippen LogP contribution in [-0.4, -0.2) is 11.2 Å². The Labute approximate surface area is 140 Å². The van der Waals surface area contributed by atoms with Crippen LogP contribution in [0.15, 0.2) is 16.2 Å². The van der Waals surface area contributed by atoms with Gasteiger partial charge in [-0.05, 0) is 23.3 Å². The summed E-state index contributed by atoms with van der Waals surface area (Å²) in [4.78, 5) is 12.8. The smallest absolute Gasteiger partial charge is 0.259 e. The Balaban J connectivity index is 2.62. The molecule has 0 bridgehead atoms. The molecule has 0 aliphatic heterocycles. The Bertz CT molecular complexity index is 697. The molecule has 2 heterocycles. The molecule has 0 aliphatic rings. The number of alkyl halides is 1. The Morgan fingerprint density at radius 2 is 2.09 bits per heavy atom. The number of hydrogen-bond donors (Lipinski definition) is 0. The topological polar surface area (TPSA) is 31.2 Å². The minimum atomic E-state index is -0.00494. The lowest BCUT2D eigenvalue weighted by molar-refractivity contribution is 0.297. The maximum atomic E-state index is 12.8. The van der Waals surface area contributed by atoms with Crippen molar-refractivity contribution in [2.45, 2.75) is 53.0 Å². The average Bonchev–Trinajstić information content (AvgIpc) is 2.92. The fraction of sp³-hybridized carbons (Fsp3) is 0.588. The van der Waals surface area contributed by atoms with Crippen molar-refractivity contribution >= 4 is 33.0 Å². The van der Waals surface area contributed by atoms with Crippen LogP contribution in [0.4, 0.5) is 0 Å². The fourth-order valence-corrected chi connectivity index (χ4v) is 3.59. The zero-order chi connectivity index (χ0) is 16.3. The summed E-state index contributed by atoms with van der Waals surface area (Å²) in [5, 5.41) is 2.67. The van der Waals surface area contributed by atoms with Gasteiger partial charge in [-0.2, -0.15) is 0 Å². The molecule has 2 aromatic heterocycles. The first kappa shape index (κ1) is 17.4. The van der Waals surface area contributed by atoms with Crippen molar-refractivity contribution in [1.82, 2.24) is 4.57 Å². The van der Waals surface area contributed by atoms with E-state index < -0.39 is 0 Å². The molecule has 22 heavy (non-hydrogen) atoms. The molecule has 0 aliphatic carbocycles. The van der Waals surface area contributed by atoms with Crippen molar-refractivity contribution in [1.29, 1.82) is 0 Å². The van der Waals surface area contributed by atoms with Crippen molar-refractivity contribution < 1.29 is 4.74 Å². The number of aromatic nitrogens is 1. The molecule has 2 rings (SSSR count). The van der Waals surface area contributed by atoms with Gasteiger partial charge in [0, 0.05) is 6.54 Å². The van der Waals surface area contributed by atoms with E-state index >= 15 is 0 Å². The Kier molecular flexibility index (Phi) is 5.56. The lowest BCUT2D eigenvalue weighted by Crippen LogP contribution is -2.29. The van der Waals surface area contributed by atoms with Crippen LogP contribution in [0.1, 0.15) is 46.2 Å². The van der Waals surface area contributed by atoms with Crippen LogP contribution in [0.5, 0.6) is 5.75 Å². The van der Waals surface area contributed by atoms with Crippen molar-refractivity contribution in [3.8, 4) is 5.75 Å². The fourth-order valence-electron chi connectivity index (χ4n) is 2.42. The first-order valence-corrected chi connectivity index (χ1v) is 9.12. The number of unbranched alkanes of at least 4 members (excludes halogenated alkanes) is 1. The van der Waals surface area contributed by atoms with Gasteiger partial charge in [0.15, 0.2) is 5.75 Å². The van der Waals surface area contributed by atoms with Crippen molar-refractivity contribution in [3.63, 3.8) is 0 Å². The molecule has 0 aromatic carbocycles. The quantitative estimate of drug-likeness (QED) is 0.545. The third-order valence-corrected chi connectivity index (χ3v) is 4.60. The monoisotopic (exact) mass is 341 g/mol. The summed E-state index contributed by atoms with van der Waals surface area (Å²) in [6.07, 6.45) is 2.07. The second-order valence-corrected chi connectivity index (χ2v) is 7.91. The molecule has 0 saturated heterocycles. The maximum Gasteiger partial charge on any atom is 0.259 e. The number of ether oxygens (including phenoxy) is 1. The first-order chi connectivity index (χ1) is 10.4. The highest BCUT2D eigenvalue weighted by atomic mass is 35.5. The second kappa shape index (κ2) is 7.05. The molecule has 5 heteroatoms. The Hall–Kier alpha value is -1.000. The third-order valence-electron chi connectivity index (χ3n) is 3.44. The second-order valence-electron chi connectivity index (χ2n) is 6.73. The van der Waals surface area contributed by atoms with Gasteiger partial charge in [-0.15, -0.1) is 22.9 Å². The molecular weight excluding hydrogens is 318 g/mol. The Morgan fingerprint density at radius 3 is 2.68 bits per heavy atom. The largest absolute Gasteiger partial charge is 0.490 e. The van der Waals surface area contributed by atoms with Crippen LogP contribution in [0, 0.1) is 5.41 Å². The van der Waals surface area contributed by atoms with E-state index in [9.17, 15) is 4.79 Å². The van der Waals surface area contributed by atoms with E-state index in [1.807, 2.05) is 11.4 Å². The lowest BCUT2D eigenvalue weighted by Gasteiger charge is -2.24. The van der Waals surface area contributed by atoms with Gasteiger partial charge in [-0.1, -0.05) is 34.1 Å². The van der Waals surface area contributed by atoms with E-state index in [-0.39, 0.29) is 16.9 Å². The van der Waals surface area contributed by atoms with Crippen LogP contribution >= 0.6 is 22.9 Å². The Morgan fingerprint density at radius 1 is 1.36 bits per heavy atom. The molecule has 0 unspecified atom stereocenters. The number of pyridine rings is 1. The molecule has 122 valence electrons. The van der Waals surface area contributed by atoms with E-state index in [0.29, 0.717) is 13.2 Å². The van der Waals surface area contributed by atoms with E-state index in [2.05, 4.69) is 27.7 Å². The van der Waals surface area contributed by atoms with E-state index in [4.69, 9.17) is 16.3 Å². The summed E-state index contributed by atoms with van der Waals surface area (Å²) in [5.74, 6) is 1.07. The number of hydrogen-bond acceptors (Lipinski definition) is 3. The minimum Gasteiger partial charge on any atom is -0.490 e. The van der Waals surface area contributed by atoms with Crippen molar-refractivity contribution in [2.75, 3.05) is 6.61 Å². The number of halogens is 1. The van der Waals surface area contributed by atoms with Gasteiger partial charge in [0.25, 0.3) is 5.56 Å². The van der Waals surface area contributed by atoms with Gasteiger partial charge in [-0.3, -0.25) is 4.79 Å². The summed E-state index contributed by atoms with van der Waals surface area (Å²) in [6, 6.07) is 1.88. The molecule has 0 saturated carbocycles. The number of thiophene rings is 1. The number of fused-ring (bicyclic) bond motifs is 1. The molecular formula is C17H24ClNO2S. The summed E-state index contributed by atoms with van der Waals surface area (Å²) in [7, 11) is 0. The van der Waals surface area contributed by atoms with Crippen LogP contribution in [0.2, 0.25) is 0 Å². The normalized spacial score (nSPS) is 12.0. The maximum absolute atomic E-state index is 12.8. The van der Waals surface area contributed by atoms with Gasteiger partial charge >= 0.3 is 0 Å². The molecule has 0 amide bonds. The standard InChI is InChI=1S/C17H24ClNO2S/c1-5-6-8-21-14-13(10-18)19(11-17(2,3)4)16(20)12-7-9-22-15(12)14/h7,9H,5-6,8,10-11H2,1-4H3. The van der Waals surface area contributed by atoms with Crippen LogP contribution < -0.4 is 10.3 Å². The van der Waals surface area contributed by atoms with Crippen LogP contribution in [0.3, 0.4) is 0 Å². The van der Waals surface area contributed by atoms with Crippen LogP contribution in [0.25, 0.3) is 10.1 Å². The molecule has 0 N–H and O–H groups in total. The van der Waals surface area contributed by atoms with Gasteiger partial charge < -0.3 is 9.30 Å². The predicted octanol–water partition coefficient (Wildman–Crippen LogP) is 5.03. The van der Waals surface area contributed by atoms with E-state index in [0.717, 1.165) is 34.4 Å². The van der Waals surface area contributed by atoms with Gasteiger partial charge in [0.1, 0.15) is 0 Å². The van der Waals surface area contributed by atoms with Crippen molar-refractivity contribution in [3.05, 3.63) is 27.5 Å². The zero-order valence-electron chi connectivity index (χ0n) is 13.7. The average molecular weight is 342 g/mol. The first-order valence-electron chi connectivity index (χ1n) is 7.70. The van der Waals surface area contributed by atoms with E-state index in [1.165, 1.54) is 0 Å². The highest BCUT2D eigenvalue weighted by molar-refractivity contribution is 7.17. The number of nitrogens with zero attached hydrogens (tertiary/aromatic N) is 1. The summed E-state index contributed by atoms with van der Waals surface area (Å²) >= 11 is 7.73. The minimum absolute atomic E-state index is 0.00494. The lowest BCUT2D eigenvalue weighted by atomic mass is 9.96. The van der Waals surface area contributed by atoms with Gasteiger partial charge in [-0.25, -0.2) is 0 Å². The summed E-state index contributed by atoms with van der Waals surface area (Å²) < 4.78 is 8.73. The van der Waals surface area contributed by atoms with Crippen LogP contribution in [-0.2, 0) is 12.4 Å². The van der Waals surface area contributed by atoms with E-state index in [1.54, 1.807) is 15.9 Å². The molecule has 3 nitrogen and oxygen atoms in total. The molecule has 0 spiro atoms. The molecule has 0 radical (unpaired) electrons. The van der Waals surface area contributed by atoms with Gasteiger partial charge in [0.05, 0.1) is 28.3 Å². The zero-order valence-corrected chi connectivity index (χ0v) is 15.3. The molecule has 0 fully saturated rings. The third kappa shape index (κ3) is 3.66. The highest BCUT2D eigenvalue weighted by Crippen LogP contribution is 2.34. The summed E-state index contributed by atoms with van der Waals surface area (Å²) in [5.41, 5.74) is 0.826. The molecule has 2 aromatic rings. The van der Waals surface area contributed by atoms with Crippen molar-refractivity contribution in [2.24, 2.45) is 5.41 Å². The SMILES string of the molecule is CCCCOc1c(CCl)n(CC(C)(C)C)c(=O)c2ccsc12. The highest BCUT2D eigenvalue weighted by Gasteiger charge is 2.22. The van der Waals surface area contributed by atoms with Gasteiger partial charge in [0.2, 0.25) is 0 Å². The predicted molar refractivity (Wildman–Crippen MR) is 95.5 cm³/mol.